The fourth-order valence-corrected chi connectivity index (χ4v) is 4.57. The lowest BCUT2D eigenvalue weighted by Crippen LogP contribution is -2.44. The summed E-state index contributed by atoms with van der Waals surface area (Å²) in [7, 11) is 0. The van der Waals surface area contributed by atoms with Crippen LogP contribution in [0.5, 0.6) is 0 Å². The number of rotatable bonds is 8. The highest BCUT2D eigenvalue weighted by Crippen LogP contribution is 2.32. The Balaban J connectivity index is 1.61. The van der Waals surface area contributed by atoms with Crippen LogP contribution in [-0.4, -0.2) is 63.1 Å². The average molecular weight is 423 g/mol. The van der Waals surface area contributed by atoms with Crippen LogP contribution in [0.15, 0.2) is 18.3 Å². The van der Waals surface area contributed by atoms with E-state index < -0.39 is 0 Å². The second-order valence-electron chi connectivity index (χ2n) is 8.28. The summed E-state index contributed by atoms with van der Waals surface area (Å²) in [5.41, 5.74) is 3.95. The van der Waals surface area contributed by atoms with Crippen molar-refractivity contribution < 1.29 is 4.74 Å². The van der Waals surface area contributed by atoms with E-state index in [1.54, 1.807) is 0 Å². The molecule has 2 aliphatic rings. The monoisotopic (exact) mass is 422 g/mol. The van der Waals surface area contributed by atoms with Gasteiger partial charge in [-0.15, -0.1) is 0 Å². The van der Waals surface area contributed by atoms with Gasteiger partial charge in [0.25, 0.3) is 0 Å². The lowest BCUT2D eigenvalue weighted by molar-refractivity contribution is 0.137. The maximum Gasteiger partial charge on any atom is 0.228 e. The van der Waals surface area contributed by atoms with Gasteiger partial charge in [0, 0.05) is 38.0 Å². The van der Waals surface area contributed by atoms with Gasteiger partial charge in [0.05, 0.1) is 18.8 Å². The standard InChI is InChI=1S/C22H30N8O/c1-4-17-19-20(30(28-17)8-9-31-5-2)21(25-18-10-14(3)6-7-23-18)27-22(26-19)29-13-15-11-16(29)12-24-15/h6-7,10,15-16,24H,4-5,8-9,11-13H2,1-3H3,(H,23,25,26,27)/t15-,16-/m0/s1. The summed E-state index contributed by atoms with van der Waals surface area (Å²) in [6.07, 6.45) is 3.77. The van der Waals surface area contributed by atoms with Crippen molar-refractivity contribution in [1.29, 1.82) is 0 Å². The number of nitrogens with zero attached hydrogens (tertiary/aromatic N) is 6. The van der Waals surface area contributed by atoms with Crippen molar-refractivity contribution >= 4 is 28.6 Å². The molecule has 5 rings (SSSR count). The maximum absolute atomic E-state index is 5.59. The molecule has 5 heterocycles. The molecule has 2 bridgehead atoms. The van der Waals surface area contributed by atoms with E-state index in [0.717, 1.165) is 65.8 Å². The number of fused-ring (bicyclic) bond motifs is 3. The predicted molar refractivity (Wildman–Crippen MR) is 121 cm³/mol. The van der Waals surface area contributed by atoms with Crippen LogP contribution in [0.1, 0.15) is 31.5 Å². The molecule has 3 aromatic rings. The molecule has 0 saturated carbocycles. The minimum atomic E-state index is 0.450. The lowest BCUT2D eigenvalue weighted by Gasteiger charge is -2.27. The van der Waals surface area contributed by atoms with E-state index in [2.05, 4.69) is 34.4 Å². The summed E-state index contributed by atoms with van der Waals surface area (Å²) in [4.78, 5) is 16.8. The van der Waals surface area contributed by atoms with Crippen LogP contribution >= 0.6 is 0 Å². The van der Waals surface area contributed by atoms with E-state index in [-0.39, 0.29) is 0 Å². The molecule has 0 aromatic carbocycles. The van der Waals surface area contributed by atoms with Gasteiger partial charge in [-0.25, -0.2) is 9.97 Å². The predicted octanol–water partition coefficient (Wildman–Crippen LogP) is 2.42. The minimum Gasteiger partial charge on any atom is -0.380 e. The quantitative estimate of drug-likeness (QED) is 0.535. The van der Waals surface area contributed by atoms with Crippen LogP contribution in [0.25, 0.3) is 11.0 Å². The van der Waals surface area contributed by atoms with Crippen LogP contribution < -0.4 is 15.5 Å². The van der Waals surface area contributed by atoms with Gasteiger partial charge >= 0.3 is 0 Å². The van der Waals surface area contributed by atoms with Crippen LogP contribution in [0.4, 0.5) is 17.6 Å². The molecule has 2 N–H and O–H groups in total. The second kappa shape index (κ2) is 8.39. The summed E-state index contributed by atoms with van der Waals surface area (Å²) in [5, 5.41) is 11.9. The molecule has 0 aliphatic carbocycles. The summed E-state index contributed by atoms with van der Waals surface area (Å²) < 4.78 is 7.57. The molecule has 2 atom stereocenters. The smallest absolute Gasteiger partial charge is 0.228 e. The molecular formula is C22H30N8O. The van der Waals surface area contributed by atoms with Crippen molar-refractivity contribution in [2.24, 2.45) is 0 Å². The van der Waals surface area contributed by atoms with Gasteiger partial charge in [0.2, 0.25) is 5.95 Å². The Morgan fingerprint density at radius 3 is 2.90 bits per heavy atom. The molecule has 2 saturated heterocycles. The second-order valence-corrected chi connectivity index (χ2v) is 8.28. The van der Waals surface area contributed by atoms with E-state index in [1.165, 1.54) is 0 Å². The van der Waals surface area contributed by atoms with E-state index in [4.69, 9.17) is 19.8 Å². The van der Waals surface area contributed by atoms with Crippen molar-refractivity contribution in [1.82, 2.24) is 30.0 Å². The van der Waals surface area contributed by atoms with Crippen molar-refractivity contribution in [3.8, 4) is 0 Å². The topological polar surface area (TPSA) is 93.0 Å². The van der Waals surface area contributed by atoms with Crippen LogP contribution in [0.2, 0.25) is 0 Å². The molecule has 0 spiro atoms. The third-order valence-corrected chi connectivity index (χ3v) is 6.11. The minimum absolute atomic E-state index is 0.450. The molecule has 3 aromatic heterocycles. The number of anilines is 3. The van der Waals surface area contributed by atoms with Crippen molar-refractivity contribution in [3.05, 3.63) is 29.6 Å². The van der Waals surface area contributed by atoms with Crippen molar-refractivity contribution in [3.63, 3.8) is 0 Å². The first-order valence-corrected chi connectivity index (χ1v) is 11.2. The Hall–Kier alpha value is -2.78. The van der Waals surface area contributed by atoms with E-state index in [9.17, 15) is 0 Å². The first-order chi connectivity index (χ1) is 15.2. The summed E-state index contributed by atoms with van der Waals surface area (Å²) in [6, 6.07) is 4.99. The van der Waals surface area contributed by atoms with Gasteiger partial charge < -0.3 is 20.3 Å². The van der Waals surface area contributed by atoms with E-state index in [1.807, 2.05) is 29.9 Å². The first-order valence-electron chi connectivity index (χ1n) is 11.2. The lowest BCUT2D eigenvalue weighted by atomic mass is 10.2. The maximum atomic E-state index is 5.59. The zero-order chi connectivity index (χ0) is 21.4. The number of aryl methyl sites for hydroxylation is 2. The number of ether oxygens (including phenoxy) is 1. The summed E-state index contributed by atoms with van der Waals surface area (Å²) >= 11 is 0. The van der Waals surface area contributed by atoms with Gasteiger partial charge in [-0.1, -0.05) is 6.92 Å². The van der Waals surface area contributed by atoms with Crippen LogP contribution in [-0.2, 0) is 17.7 Å². The van der Waals surface area contributed by atoms with Crippen LogP contribution in [0, 0.1) is 6.92 Å². The largest absolute Gasteiger partial charge is 0.380 e. The number of hydrogen-bond donors (Lipinski definition) is 2. The average Bonchev–Trinajstić information content (AvgIpc) is 3.48. The molecule has 164 valence electrons. The molecular weight excluding hydrogens is 392 g/mol. The number of pyridine rings is 1. The Morgan fingerprint density at radius 2 is 2.19 bits per heavy atom. The SMILES string of the molecule is CCOCCn1nc(CC)c2nc(N3C[C@@H]4C[C@H]3CN4)nc(Nc3cc(C)ccn3)c21. The highest BCUT2D eigenvalue weighted by molar-refractivity contribution is 5.90. The Morgan fingerprint density at radius 1 is 1.29 bits per heavy atom. The Labute approximate surface area is 182 Å². The van der Waals surface area contributed by atoms with Crippen molar-refractivity contribution in [2.75, 3.05) is 36.5 Å². The number of aromatic nitrogens is 5. The van der Waals surface area contributed by atoms with Gasteiger partial charge in [-0.2, -0.15) is 10.1 Å². The molecule has 9 heteroatoms. The zero-order valence-corrected chi connectivity index (χ0v) is 18.4. The van der Waals surface area contributed by atoms with Gasteiger partial charge in [0.15, 0.2) is 5.82 Å². The first kappa shape index (κ1) is 20.1. The normalized spacial score (nSPS) is 20.2. The zero-order valence-electron chi connectivity index (χ0n) is 18.4. The Bertz CT molecular complexity index is 1080. The van der Waals surface area contributed by atoms with E-state index >= 15 is 0 Å². The molecule has 0 radical (unpaired) electrons. The highest BCUT2D eigenvalue weighted by atomic mass is 16.5. The molecule has 31 heavy (non-hydrogen) atoms. The van der Waals surface area contributed by atoms with Crippen molar-refractivity contribution in [2.45, 2.75) is 52.2 Å². The third-order valence-electron chi connectivity index (χ3n) is 6.11. The third kappa shape index (κ3) is 3.83. The molecule has 9 nitrogen and oxygen atoms in total. The summed E-state index contributed by atoms with van der Waals surface area (Å²) in [5.74, 6) is 2.29. The number of nitrogens with one attached hydrogen (secondary N) is 2. The molecule has 0 unspecified atom stereocenters. The molecule has 2 fully saturated rings. The number of piperazine rings is 1. The highest BCUT2D eigenvalue weighted by Gasteiger charge is 2.39. The fraction of sp³-hybridized carbons (Fsp3) is 0.545. The van der Waals surface area contributed by atoms with Gasteiger partial charge in [-0.05, 0) is 44.4 Å². The summed E-state index contributed by atoms with van der Waals surface area (Å²) in [6.45, 7) is 10.0. The van der Waals surface area contributed by atoms with E-state index in [0.29, 0.717) is 31.8 Å². The van der Waals surface area contributed by atoms with Gasteiger partial charge in [-0.3, -0.25) is 4.68 Å². The van der Waals surface area contributed by atoms with Gasteiger partial charge in [0.1, 0.15) is 16.9 Å². The molecule has 2 aliphatic heterocycles. The van der Waals surface area contributed by atoms with Crippen LogP contribution in [0.3, 0.4) is 0 Å². The number of hydrogen-bond acceptors (Lipinski definition) is 8. The Kier molecular flexibility index (Phi) is 5.45. The molecule has 0 amide bonds. The fourth-order valence-electron chi connectivity index (χ4n) is 4.57.